The number of nitrogens with two attached hydrogens (primary N) is 1. The Morgan fingerprint density at radius 3 is 2.60 bits per heavy atom. The molecule has 0 aliphatic heterocycles. The van der Waals surface area contributed by atoms with Crippen LogP contribution in [0.5, 0.6) is 0 Å². The quantitative estimate of drug-likeness (QED) is 0.579. The maximum Gasteiger partial charge on any atom is 0.147 e. The van der Waals surface area contributed by atoms with Crippen molar-refractivity contribution in [3.63, 3.8) is 0 Å². The van der Waals surface area contributed by atoms with Gasteiger partial charge in [-0.1, -0.05) is 56.0 Å². The fraction of sp³-hybridized carbons (Fsp3) is 0.292. The summed E-state index contributed by atoms with van der Waals surface area (Å²) >= 11 is 0. The van der Waals surface area contributed by atoms with Crippen LogP contribution in [0.25, 0.3) is 11.3 Å². The molecule has 0 radical (unpaired) electrons. The van der Waals surface area contributed by atoms with Crippen molar-refractivity contribution in [3.05, 3.63) is 77.8 Å². The summed E-state index contributed by atoms with van der Waals surface area (Å²) in [6.45, 7) is 7.08. The van der Waals surface area contributed by atoms with Crippen molar-refractivity contribution in [2.24, 2.45) is 0 Å². The molecule has 0 spiro atoms. The van der Waals surface area contributed by atoms with Gasteiger partial charge in [0.15, 0.2) is 0 Å². The van der Waals surface area contributed by atoms with Gasteiger partial charge in [0.2, 0.25) is 0 Å². The molecule has 3 N–H and O–H groups in total. The Labute approximate surface area is 179 Å². The second-order valence-electron chi connectivity index (χ2n) is 7.16. The maximum atomic E-state index is 9.16. The van der Waals surface area contributed by atoms with Crippen molar-refractivity contribution in [2.45, 2.75) is 32.9 Å². The summed E-state index contributed by atoms with van der Waals surface area (Å²) in [6, 6.07) is 10.4. The number of nitrogens with one attached hydrogen (secondary N) is 1. The molecule has 1 aromatic heterocycles. The van der Waals surface area contributed by atoms with E-state index in [0.717, 1.165) is 40.2 Å². The van der Waals surface area contributed by atoms with E-state index in [9.17, 15) is 0 Å². The smallest absolute Gasteiger partial charge is 0.147 e. The fourth-order valence-electron chi connectivity index (χ4n) is 2.98. The molecule has 0 amide bonds. The second kappa shape index (κ2) is 11.5. The molecule has 0 fully saturated rings. The van der Waals surface area contributed by atoms with Crippen LogP contribution in [-0.4, -0.2) is 29.0 Å². The second-order valence-corrected chi connectivity index (χ2v) is 7.16. The van der Waals surface area contributed by atoms with Crippen molar-refractivity contribution in [3.8, 4) is 17.3 Å². The first-order valence-electron chi connectivity index (χ1n) is 9.95. The molecule has 0 saturated heterocycles. The summed E-state index contributed by atoms with van der Waals surface area (Å²) in [5.74, 6) is 0.456. The minimum atomic E-state index is 0.344. The molecule has 1 aromatic carbocycles. The molecule has 2 rings (SSSR count). The minimum Gasteiger partial charge on any atom is -0.383 e. The molecule has 0 bridgehead atoms. The first kappa shape index (κ1) is 22.9. The summed E-state index contributed by atoms with van der Waals surface area (Å²) in [5.41, 5.74) is 11.7. The number of benzene rings is 1. The molecule has 0 saturated carbocycles. The van der Waals surface area contributed by atoms with E-state index in [1.54, 1.807) is 12.3 Å². The minimum absolute atomic E-state index is 0.344. The van der Waals surface area contributed by atoms with Crippen LogP contribution in [0.2, 0.25) is 0 Å². The van der Waals surface area contributed by atoms with Gasteiger partial charge in [0.25, 0.3) is 0 Å². The third kappa shape index (κ3) is 6.57. The van der Waals surface area contributed by atoms with Crippen LogP contribution in [0.1, 0.15) is 31.0 Å². The number of nitrogen functional groups attached to an aromatic ring is 1. The standard InChI is InChI=1S/C24H30N6/c1-5-7-8-19(6-2)21(13-14-25)27-15-18-9-11-20(12-10-18)22-16-28-23(17-30(3)4)24(26)29-22/h5,7-12,16,27H,1,6,13,15,17H2,2-4H3,(H2,26,29)/b8-7-,21-19+. The van der Waals surface area contributed by atoms with Crippen LogP contribution in [0, 0.1) is 11.3 Å². The predicted octanol–water partition coefficient (Wildman–Crippen LogP) is 4.20. The lowest BCUT2D eigenvalue weighted by atomic mass is 10.1. The van der Waals surface area contributed by atoms with Gasteiger partial charge in [-0.05, 0) is 31.7 Å². The van der Waals surface area contributed by atoms with E-state index in [1.165, 1.54) is 0 Å². The molecule has 156 valence electrons. The van der Waals surface area contributed by atoms with E-state index in [2.05, 4.69) is 34.9 Å². The highest BCUT2D eigenvalue weighted by Gasteiger charge is 2.08. The Morgan fingerprint density at radius 2 is 2.03 bits per heavy atom. The molecule has 0 unspecified atom stereocenters. The highest BCUT2D eigenvalue weighted by atomic mass is 15.1. The Kier molecular flexibility index (Phi) is 8.79. The van der Waals surface area contributed by atoms with Gasteiger partial charge in [-0.2, -0.15) is 5.26 Å². The zero-order valence-electron chi connectivity index (χ0n) is 18.0. The van der Waals surface area contributed by atoms with E-state index in [0.29, 0.717) is 25.3 Å². The third-order valence-electron chi connectivity index (χ3n) is 4.56. The first-order chi connectivity index (χ1) is 14.5. The van der Waals surface area contributed by atoms with Gasteiger partial charge < -0.3 is 16.0 Å². The van der Waals surface area contributed by atoms with Crippen molar-refractivity contribution >= 4 is 5.82 Å². The van der Waals surface area contributed by atoms with Crippen LogP contribution in [0.15, 0.2) is 66.5 Å². The lowest BCUT2D eigenvalue weighted by molar-refractivity contribution is 0.397. The Bertz CT molecular complexity index is 949. The fourth-order valence-corrected chi connectivity index (χ4v) is 2.98. The lowest BCUT2D eigenvalue weighted by Crippen LogP contribution is -2.15. The summed E-state index contributed by atoms with van der Waals surface area (Å²) in [5, 5.41) is 12.6. The van der Waals surface area contributed by atoms with Gasteiger partial charge in [-0.15, -0.1) is 0 Å². The van der Waals surface area contributed by atoms with Crippen LogP contribution >= 0.6 is 0 Å². The number of nitrogens with zero attached hydrogens (tertiary/aromatic N) is 4. The number of hydrogen-bond donors (Lipinski definition) is 2. The van der Waals surface area contributed by atoms with Crippen molar-refractivity contribution in [2.75, 3.05) is 19.8 Å². The molecule has 1 heterocycles. The molecule has 2 aromatic rings. The third-order valence-corrected chi connectivity index (χ3v) is 4.56. The van der Waals surface area contributed by atoms with Crippen molar-refractivity contribution in [1.82, 2.24) is 20.2 Å². The Morgan fingerprint density at radius 1 is 1.30 bits per heavy atom. The van der Waals surface area contributed by atoms with E-state index in [4.69, 9.17) is 11.0 Å². The number of aromatic nitrogens is 2. The highest BCUT2D eigenvalue weighted by Crippen LogP contribution is 2.20. The van der Waals surface area contributed by atoms with E-state index >= 15 is 0 Å². The largest absolute Gasteiger partial charge is 0.383 e. The van der Waals surface area contributed by atoms with Gasteiger partial charge in [0, 0.05) is 24.4 Å². The summed E-state index contributed by atoms with van der Waals surface area (Å²) in [4.78, 5) is 11.0. The van der Waals surface area contributed by atoms with Gasteiger partial charge in [-0.3, -0.25) is 4.98 Å². The van der Waals surface area contributed by atoms with Crippen molar-refractivity contribution in [1.29, 1.82) is 5.26 Å². The van der Waals surface area contributed by atoms with E-state index in [-0.39, 0.29) is 0 Å². The van der Waals surface area contributed by atoms with E-state index < -0.39 is 0 Å². The van der Waals surface area contributed by atoms with Gasteiger partial charge >= 0.3 is 0 Å². The molecular formula is C24H30N6. The van der Waals surface area contributed by atoms with Gasteiger partial charge in [0.1, 0.15) is 5.82 Å². The first-order valence-corrected chi connectivity index (χ1v) is 9.95. The molecular weight excluding hydrogens is 372 g/mol. The average Bonchev–Trinajstić information content (AvgIpc) is 2.74. The normalized spacial score (nSPS) is 12.0. The van der Waals surface area contributed by atoms with Crippen LogP contribution in [-0.2, 0) is 13.1 Å². The summed E-state index contributed by atoms with van der Waals surface area (Å²) < 4.78 is 0. The number of rotatable bonds is 10. The molecule has 0 aliphatic rings. The Hall–Kier alpha value is -3.43. The number of allylic oxidation sites excluding steroid dienone is 5. The Balaban J connectivity index is 2.13. The lowest BCUT2D eigenvalue weighted by Gasteiger charge is -2.13. The number of hydrogen-bond acceptors (Lipinski definition) is 6. The van der Waals surface area contributed by atoms with Crippen LogP contribution in [0.3, 0.4) is 0 Å². The monoisotopic (exact) mass is 402 g/mol. The SMILES string of the molecule is C=C/C=C\C(CC)=C(/CC#N)NCc1ccc(-c2cnc(CN(C)C)c(N)n2)cc1. The van der Waals surface area contributed by atoms with Crippen molar-refractivity contribution < 1.29 is 0 Å². The van der Waals surface area contributed by atoms with Crippen LogP contribution < -0.4 is 11.1 Å². The van der Waals surface area contributed by atoms with Crippen LogP contribution in [0.4, 0.5) is 5.82 Å². The van der Waals surface area contributed by atoms with Gasteiger partial charge in [0.05, 0.1) is 30.1 Å². The maximum absolute atomic E-state index is 9.16. The zero-order valence-corrected chi connectivity index (χ0v) is 18.0. The molecule has 0 atom stereocenters. The van der Waals surface area contributed by atoms with E-state index in [1.807, 2.05) is 55.4 Å². The molecule has 6 nitrogen and oxygen atoms in total. The number of anilines is 1. The summed E-state index contributed by atoms with van der Waals surface area (Å²) in [7, 11) is 3.94. The molecule has 6 heteroatoms. The van der Waals surface area contributed by atoms with Gasteiger partial charge in [-0.25, -0.2) is 4.98 Å². The zero-order chi connectivity index (χ0) is 21.9. The predicted molar refractivity (Wildman–Crippen MR) is 123 cm³/mol. The molecule has 30 heavy (non-hydrogen) atoms. The topological polar surface area (TPSA) is 90.9 Å². The average molecular weight is 403 g/mol. The molecule has 0 aliphatic carbocycles. The highest BCUT2D eigenvalue weighted by molar-refractivity contribution is 5.60. The summed E-state index contributed by atoms with van der Waals surface area (Å²) in [6.07, 6.45) is 8.58. The number of nitriles is 1.